The summed E-state index contributed by atoms with van der Waals surface area (Å²) in [4.78, 5) is 11.8. The molecule has 0 bridgehead atoms. The summed E-state index contributed by atoms with van der Waals surface area (Å²) in [5.74, 6) is 0.725. The second-order valence-corrected chi connectivity index (χ2v) is 4.11. The lowest BCUT2D eigenvalue weighted by atomic mass is 10.3. The van der Waals surface area contributed by atoms with Crippen molar-refractivity contribution in [3.63, 3.8) is 0 Å². The molecule has 0 aliphatic carbocycles. The molecule has 1 heterocycles. The first-order valence-electron chi connectivity index (χ1n) is 5.96. The average Bonchev–Trinajstić information content (AvgIpc) is 2.88. The molecule has 1 amide bonds. The van der Waals surface area contributed by atoms with Crippen molar-refractivity contribution in [2.75, 3.05) is 25.5 Å². The van der Waals surface area contributed by atoms with Gasteiger partial charge in [0.2, 0.25) is 0 Å². The van der Waals surface area contributed by atoms with Crippen LogP contribution in [0.15, 0.2) is 42.6 Å². The van der Waals surface area contributed by atoms with Crippen LogP contribution < -0.4 is 5.32 Å². The first kappa shape index (κ1) is 12.9. The van der Waals surface area contributed by atoms with Crippen molar-refractivity contribution in [3.05, 3.63) is 42.6 Å². The number of rotatable bonds is 5. The zero-order chi connectivity index (χ0) is 13.7. The van der Waals surface area contributed by atoms with Gasteiger partial charge >= 0.3 is 6.09 Å². The predicted molar refractivity (Wildman–Crippen MR) is 72.7 cm³/mol. The summed E-state index contributed by atoms with van der Waals surface area (Å²) in [5, 5.41) is 16.2. The van der Waals surface area contributed by atoms with Crippen LogP contribution in [0.3, 0.4) is 0 Å². The molecule has 6 nitrogen and oxygen atoms in total. The number of carbonyl (C=O) groups is 1. The number of nitrogens with zero attached hydrogens (tertiary/aromatic N) is 3. The zero-order valence-corrected chi connectivity index (χ0v) is 10.7. The van der Waals surface area contributed by atoms with E-state index < -0.39 is 6.09 Å². The fraction of sp³-hybridized carbons (Fsp3) is 0.231. The monoisotopic (exact) mass is 260 g/mol. The SMILES string of the molecule is CN(CCNc1ccn(-c2ccccc2)n1)C(=O)O. The quantitative estimate of drug-likeness (QED) is 0.861. The first-order chi connectivity index (χ1) is 9.16. The summed E-state index contributed by atoms with van der Waals surface area (Å²) in [6, 6.07) is 11.6. The van der Waals surface area contributed by atoms with Crippen molar-refractivity contribution >= 4 is 11.9 Å². The van der Waals surface area contributed by atoms with Crippen LogP contribution in [0.5, 0.6) is 0 Å². The summed E-state index contributed by atoms with van der Waals surface area (Å²) in [7, 11) is 1.53. The summed E-state index contributed by atoms with van der Waals surface area (Å²) in [6.07, 6.45) is 0.926. The van der Waals surface area contributed by atoms with Gasteiger partial charge in [-0.15, -0.1) is 0 Å². The van der Waals surface area contributed by atoms with Crippen molar-refractivity contribution in [2.45, 2.75) is 0 Å². The number of aromatic nitrogens is 2. The molecule has 0 saturated heterocycles. The standard InChI is InChI=1S/C13H16N4O2/c1-16(13(18)19)10-8-14-12-7-9-17(15-12)11-5-3-2-4-6-11/h2-7,9H,8,10H2,1H3,(H,14,15)(H,18,19). The lowest BCUT2D eigenvalue weighted by molar-refractivity contribution is 0.157. The molecule has 0 spiro atoms. The van der Waals surface area contributed by atoms with Crippen LogP contribution in [-0.4, -0.2) is 46.0 Å². The van der Waals surface area contributed by atoms with Crippen LogP contribution in [0.1, 0.15) is 0 Å². The largest absolute Gasteiger partial charge is 0.465 e. The van der Waals surface area contributed by atoms with Crippen LogP contribution in [0.4, 0.5) is 10.6 Å². The van der Waals surface area contributed by atoms with Crippen molar-refractivity contribution in [2.24, 2.45) is 0 Å². The van der Waals surface area contributed by atoms with Gasteiger partial charge in [0, 0.05) is 32.4 Å². The highest BCUT2D eigenvalue weighted by atomic mass is 16.4. The van der Waals surface area contributed by atoms with Gasteiger partial charge in [0.15, 0.2) is 0 Å². The molecule has 19 heavy (non-hydrogen) atoms. The Balaban J connectivity index is 1.90. The molecule has 0 unspecified atom stereocenters. The van der Waals surface area contributed by atoms with Gasteiger partial charge in [0.25, 0.3) is 0 Å². The minimum atomic E-state index is -0.934. The first-order valence-corrected chi connectivity index (χ1v) is 5.96. The summed E-state index contributed by atoms with van der Waals surface area (Å²) in [5.41, 5.74) is 0.984. The number of para-hydroxylation sites is 1. The van der Waals surface area contributed by atoms with Crippen LogP contribution in [0.2, 0.25) is 0 Å². The molecule has 6 heteroatoms. The fourth-order valence-electron chi connectivity index (χ4n) is 1.59. The number of benzene rings is 1. The average molecular weight is 260 g/mol. The lowest BCUT2D eigenvalue weighted by Crippen LogP contribution is -2.29. The third-order valence-corrected chi connectivity index (χ3v) is 2.69. The Bertz CT molecular complexity index is 539. The Morgan fingerprint density at radius 3 is 2.79 bits per heavy atom. The van der Waals surface area contributed by atoms with E-state index in [9.17, 15) is 4.79 Å². The third kappa shape index (κ3) is 3.48. The van der Waals surface area contributed by atoms with Crippen LogP contribution in [0, 0.1) is 0 Å². The van der Waals surface area contributed by atoms with Gasteiger partial charge in [-0.2, -0.15) is 5.10 Å². The minimum absolute atomic E-state index is 0.410. The van der Waals surface area contributed by atoms with Gasteiger partial charge in [-0.1, -0.05) is 18.2 Å². The predicted octanol–water partition coefficient (Wildman–Crippen LogP) is 1.89. The second-order valence-electron chi connectivity index (χ2n) is 4.11. The van der Waals surface area contributed by atoms with Crippen LogP contribution in [0.25, 0.3) is 5.69 Å². The number of hydrogen-bond acceptors (Lipinski definition) is 3. The highest BCUT2D eigenvalue weighted by Crippen LogP contribution is 2.09. The molecule has 100 valence electrons. The molecule has 2 aromatic rings. The van der Waals surface area contributed by atoms with E-state index in [1.807, 2.05) is 42.6 Å². The highest BCUT2D eigenvalue weighted by Gasteiger charge is 2.05. The van der Waals surface area contributed by atoms with Crippen LogP contribution >= 0.6 is 0 Å². The Morgan fingerprint density at radius 1 is 1.37 bits per heavy atom. The Labute approximate surface area is 111 Å². The topological polar surface area (TPSA) is 70.4 Å². The molecule has 1 aromatic heterocycles. The maximum absolute atomic E-state index is 10.6. The molecular formula is C13H16N4O2. The maximum atomic E-state index is 10.6. The van der Waals surface area contributed by atoms with E-state index in [0.29, 0.717) is 13.1 Å². The van der Waals surface area contributed by atoms with Gasteiger partial charge in [0.05, 0.1) is 5.69 Å². The van der Waals surface area contributed by atoms with Crippen molar-refractivity contribution in [1.29, 1.82) is 0 Å². The Morgan fingerprint density at radius 2 is 2.11 bits per heavy atom. The number of amides is 1. The third-order valence-electron chi connectivity index (χ3n) is 2.69. The molecule has 1 aromatic carbocycles. The second kappa shape index (κ2) is 5.90. The van der Waals surface area contributed by atoms with Gasteiger partial charge in [-0.3, -0.25) is 0 Å². The van der Waals surface area contributed by atoms with E-state index >= 15 is 0 Å². The molecule has 2 N–H and O–H groups in total. The number of nitrogens with one attached hydrogen (secondary N) is 1. The molecule has 0 saturated carbocycles. The number of likely N-dealkylation sites (N-methyl/N-ethyl adjacent to an activating group) is 1. The summed E-state index contributed by atoms with van der Waals surface area (Å²) < 4.78 is 1.77. The van der Waals surface area contributed by atoms with Gasteiger partial charge in [-0.25, -0.2) is 9.48 Å². The lowest BCUT2D eigenvalue weighted by Gasteiger charge is -2.12. The summed E-state index contributed by atoms with van der Waals surface area (Å²) >= 11 is 0. The molecule has 0 atom stereocenters. The van der Waals surface area contributed by atoms with E-state index in [1.165, 1.54) is 11.9 Å². The molecular weight excluding hydrogens is 244 g/mol. The van der Waals surface area contributed by atoms with E-state index in [4.69, 9.17) is 5.11 Å². The molecule has 2 rings (SSSR count). The van der Waals surface area contributed by atoms with Gasteiger partial charge in [-0.05, 0) is 12.1 Å². The maximum Gasteiger partial charge on any atom is 0.407 e. The van der Waals surface area contributed by atoms with Crippen LogP contribution in [-0.2, 0) is 0 Å². The normalized spacial score (nSPS) is 10.2. The highest BCUT2D eigenvalue weighted by molar-refractivity contribution is 5.64. The molecule has 0 aliphatic rings. The number of anilines is 1. The Kier molecular flexibility index (Phi) is 4.02. The fourth-order valence-corrected chi connectivity index (χ4v) is 1.59. The van der Waals surface area contributed by atoms with Gasteiger partial charge < -0.3 is 15.3 Å². The zero-order valence-electron chi connectivity index (χ0n) is 10.7. The number of hydrogen-bond donors (Lipinski definition) is 2. The van der Waals surface area contributed by atoms with E-state index in [1.54, 1.807) is 4.68 Å². The van der Waals surface area contributed by atoms with Crippen molar-refractivity contribution in [1.82, 2.24) is 14.7 Å². The van der Waals surface area contributed by atoms with Gasteiger partial charge in [0.1, 0.15) is 5.82 Å². The molecule has 0 fully saturated rings. The molecule has 0 aliphatic heterocycles. The van der Waals surface area contributed by atoms with E-state index in [0.717, 1.165) is 11.5 Å². The number of carboxylic acid groups (broad SMARTS) is 1. The summed E-state index contributed by atoms with van der Waals surface area (Å²) in [6.45, 7) is 0.933. The molecule has 0 radical (unpaired) electrons. The van der Waals surface area contributed by atoms with E-state index in [-0.39, 0.29) is 0 Å². The van der Waals surface area contributed by atoms with Crippen molar-refractivity contribution in [3.8, 4) is 5.69 Å². The van der Waals surface area contributed by atoms with E-state index in [2.05, 4.69) is 10.4 Å². The minimum Gasteiger partial charge on any atom is -0.465 e. The Hall–Kier alpha value is -2.50. The van der Waals surface area contributed by atoms with Crippen molar-refractivity contribution < 1.29 is 9.90 Å². The smallest absolute Gasteiger partial charge is 0.407 e.